The predicted octanol–water partition coefficient (Wildman–Crippen LogP) is 3.89. The Bertz CT molecular complexity index is 574. The third kappa shape index (κ3) is 4.47. The van der Waals surface area contributed by atoms with Crippen LogP contribution in [0.25, 0.3) is 10.9 Å². The van der Waals surface area contributed by atoms with Crippen LogP contribution in [0.3, 0.4) is 0 Å². The highest BCUT2D eigenvalue weighted by Gasteiger charge is 2.13. The molecule has 0 aliphatic rings. The van der Waals surface area contributed by atoms with Gasteiger partial charge in [-0.1, -0.05) is 31.5 Å². The first-order chi connectivity index (χ1) is 9.97. The van der Waals surface area contributed by atoms with Crippen LogP contribution in [0.5, 0.6) is 0 Å². The molecule has 0 aliphatic carbocycles. The number of likely N-dealkylation sites (N-methyl/N-ethyl adjacent to an activating group) is 1. The molecule has 1 aromatic heterocycles. The number of nitrogens with one attached hydrogen (secondary N) is 2. The molecule has 0 saturated heterocycles. The highest BCUT2D eigenvalue weighted by Crippen LogP contribution is 2.22. The van der Waals surface area contributed by atoms with E-state index < -0.39 is 0 Å². The Kier molecular flexibility index (Phi) is 5.68. The molecule has 1 aromatic carbocycles. The molecule has 2 N–H and O–H groups in total. The Hall–Kier alpha value is -1.03. The van der Waals surface area contributed by atoms with Gasteiger partial charge in [-0.3, -0.25) is 0 Å². The van der Waals surface area contributed by atoms with E-state index in [4.69, 9.17) is 11.6 Å². The smallest absolute Gasteiger partial charge is 0.0472 e. The number of nitrogens with zero attached hydrogens (tertiary/aromatic N) is 1. The van der Waals surface area contributed by atoms with Crippen LogP contribution in [0, 0.1) is 5.92 Å². The molecular weight excluding hydrogens is 282 g/mol. The molecule has 116 valence electrons. The van der Waals surface area contributed by atoms with Gasteiger partial charge >= 0.3 is 0 Å². The Morgan fingerprint density at radius 2 is 2.05 bits per heavy atom. The van der Waals surface area contributed by atoms with Gasteiger partial charge in [0.25, 0.3) is 0 Å². The van der Waals surface area contributed by atoms with Gasteiger partial charge in [0.05, 0.1) is 0 Å². The number of hydrogen-bond donors (Lipinski definition) is 2. The molecule has 0 bridgehead atoms. The molecule has 0 fully saturated rings. The van der Waals surface area contributed by atoms with Crippen LogP contribution in [0.15, 0.2) is 24.4 Å². The van der Waals surface area contributed by atoms with Gasteiger partial charge in [-0.05, 0) is 44.1 Å². The summed E-state index contributed by atoms with van der Waals surface area (Å²) in [7, 11) is 4.31. The maximum Gasteiger partial charge on any atom is 0.0472 e. The third-order valence-corrected chi connectivity index (χ3v) is 4.13. The van der Waals surface area contributed by atoms with Crippen molar-refractivity contribution in [2.45, 2.75) is 32.9 Å². The lowest BCUT2D eigenvalue weighted by Crippen LogP contribution is -2.38. The van der Waals surface area contributed by atoms with E-state index in [0.717, 1.165) is 29.5 Å². The van der Waals surface area contributed by atoms with Crippen LogP contribution in [0.2, 0.25) is 5.02 Å². The maximum absolute atomic E-state index is 6.02. The largest absolute Gasteiger partial charge is 0.361 e. The van der Waals surface area contributed by atoms with Crippen molar-refractivity contribution in [3.63, 3.8) is 0 Å². The number of H-pyrrole nitrogens is 1. The SMILES string of the molecule is CC(C)CC(CNCc1c[nH]c2cc(Cl)ccc12)N(C)C. The minimum atomic E-state index is 0.574. The van der Waals surface area contributed by atoms with Gasteiger partial charge in [-0.2, -0.15) is 0 Å². The predicted molar refractivity (Wildman–Crippen MR) is 91.9 cm³/mol. The summed E-state index contributed by atoms with van der Waals surface area (Å²) in [6.45, 7) is 6.44. The number of benzene rings is 1. The quantitative estimate of drug-likeness (QED) is 0.813. The molecule has 4 heteroatoms. The van der Waals surface area contributed by atoms with Crippen molar-refractivity contribution in [2.75, 3.05) is 20.6 Å². The summed E-state index contributed by atoms with van der Waals surface area (Å²) >= 11 is 6.02. The summed E-state index contributed by atoms with van der Waals surface area (Å²) in [5.74, 6) is 0.717. The van der Waals surface area contributed by atoms with Gasteiger partial charge in [-0.15, -0.1) is 0 Å². The van der Waals surface area contributed by atoms with E-state index in [1.165, 1.54) is 17.4 Å². The van der Waals surface area contributed by atoms with E-state index in [1.54, 1.807) is 0 Å². The van der Waals surface area contributed by atoms with E-state index in [2.05, 4.69) is 55.4 Å². The van der Waals surface area contributed by atoms with E-state index in [-0.39, 0.29) is 0 Å². The van der Waals surface area contributed by atoms with Crippen LogP contribution in [0.1, 0.15) is 25.8 Å². The van der Waals surface area contributed by atoms with Crippen molar-refractivity contribution in [3.05, 3.63) is 35.0 Å². The highest BCUT2D eigenvalue weighted by atomic mass is 35.5. The fraction of sp³-hybridized carbons (Fsp3) is 0.529. The molecule has 0 amide bonds. The molecule has 21 heavy (non-hydrogen) atoms. The standard InChI is InChI=1S/C17H26ClN3/c1-12(2)7-15(21(3)4)11-19-9-13-10-20-17-8-14(18)5-6-16(13)17/h5-6,8,10,12,15,19-20H,7,9,11H2,1-4H3. The minimum absolute atomic E-state index is 0.574. The van der Waals surface area contributed by atoms with Gasteiger partial charge in [0.1, 0.15) is 0 Å². The maximum atomic E-state index is 6.02. The van der Waals surface area contributed by atoms with Crippen LogP contribution < -0.4 is 5.32 Å². The van der Waals surface area contributed by atoms with Crippen LogP contribution >= 0.6 is 11.6 Å². The second-order valence-electron chi connectivity index (χ2n) is 6.38. The van der Waals surface area contributed by atoms with Crippen molar-refractivity contribution in [2.24, 2.45) is 5.92 Å². The number of halogens is 1. The lowest BCUT2D eigenvalue weighted by molar-refractivity contribution is 0.247. The third-order valence-electron chi connectivity index (χ3n) is 3.90. The van der Waals surface area contributed by atoms with Gasteiger partial charge in [0, 0.05) is 41.3 Å². The molecule has 2 rings (SSSR count). The van der Waals surface area contributed by atoms with Gasteiger partial charge in [0.15, 0.2) is 0 Å². The average Bonchev–Trinajstić information content (AvgIpc) is 2.79. The van der Waals surface area contributed by atoms with Gasteiger partial charge in [-0.25, -0.2) is 0 Å². The molecule has 1 atom stereocenters. The molecule has 1 unspecified atom stereocenters. The van der Waals surface area contributed by atoms with Gasteiger partial charge in [0.2, 0.25) is 0 Å². The highest BCUT2D eigenvalue weighted by molar-refractivity contribution is 6.31. The number of aromatic nitrogens is 1. The molecule has 0 radical (unpaired) electrons. The van der Waals surface area contributed by atoms with Crippen molar-refractivity contribution in [1.82, 2.24) is 15.2 Å². The van der Waals surface area contributed by atoms with Crippen molar-refractivity contribution in [1.29, 1.82) is 0 Å². The molecule has 0 spiro atoms. The summed E-state index contributed by atoms with van der Waals surface area (Å²) in [6, 6.07) is 6.58. The van der Waals surface area contributed by atoms with Crippen LogP contribution in [0.4, 0.5) is 0 Å². The molecule has 2 aromatic rings. The zero-order valence-electron chi connectivity index (χ0n) is 13.4. The second kappa shape index (κ2) is 7.30. The first kappa shape index (κ1) is 16.3. The topological polar surface area (TPSA) is 31.1 Å². The van der Waals surface area contributed by atoms with Crippen molar-refractivity contribution < 1.29 is 0 Å². The van der Waals surface area contributed by atoms with Crippen molar-refractivity contribution >= 4 is 22.5 Å². The molecule has 0 aliphatic heterocycles. The zero-order chi connectivity index (χ0) is 15.4. The summed E-state index contributed by atoms with van der Waals surface area (Å²) in [6.07, 6.45) is 3.28. The Morgan fingerprint density at radius 3 is 2.71 bits per heavy atom. The summed E-state index contributed by atoms with van der Waals surface area (Å²) in [5, 5.41) is 5.61. The monoisotopic (exact) mass is 307 g/mol. The molecule has 0 saturated carbocycles. The molecular formula is C17H26ClN3. The second-order valence-corrected chi connectivity index (χ2v) is 6.82. The number of aromatic amines is 1. The summed E-state index contributed by atoms with van der Waals surface area (Å²) in [5.41, 5.74) is 2.40. The fourth-order valence-corrected chi connectivity index (χ4v) is 2.87. The van der Waals surface area contributed by atoms with E-state index in [1.807, 2.05) is 12.1 Å². The van der Waals surface area contributed by atoms with E-state index in [0.29, 0.717) is 6.04 Å². The lowest BCUT2D eigenvalue weighted by atomic mass is 10.0. The average molecular weight is 308 g/mol. The lowest BCUT2D eigenvalue weighted by Gasteiger charge is -2.26. The first-order valence-electron chi connectivity index (χ1n) is 7.60. The Balaban J connectivity index is 1.95. The van der Waals surface area contributed by atoms with Crippen LogP contribution in [-0.2, 0) is 6.54 Å². The normalized spacial score (nSPS) is 13.5. The Labute approximate surface area is 132 Å². The fourth-order valence-electron chi connectivity index (χ4n) is 2.70. The van der Waals surface area contributed by atoms with E-state index in [9.17, 15) is 0 Å². The summed E-state index contributed by atoms with van der Waals surface area (Å²) in [4.78, 5) is 5.59. The number of hydrogen-bond acceptors (Lipinski definition) is 2. The molecule has 1 heterocycles. The minimum Gasteiger partial charge on any atom is -0.361 e. The number of fused-ring (bicyclic) bond motifs is 1. The zero-order valence-corrected chi connectivity index (χ0v) is 14.2. The van der Waals surface area contributed by atoms with Crippen molar-refractivity contribution in [3.8, 4) is 0 Å². The van der Waals surface area contributed by atoms with E-state index >= 15 is 0 Å². The first-order valence-corrected chi connectivity index (χ1v) is 7.98. The van der Waals surface area contributed by atoms with Gasteiger partial charge < -0.3 is 15.2 Å². The van der Waals surface area contributed by atoms with Crippen LogP contribution in [-0.4, -0.2) is 36.6 Å². The summed E-state index contributed by atoms with van der Waals surface area (Å²) < 4.78 is 0. The Morgan fingerprint density at radius 1 is 1.29 bits per heavy atom. The molecule has 3 nitrogen and oxygen atoms in total. The number of rotatable bonds is 7.